The van der Waals surface area contributed by atoms with Gasteiger partial charge < -0.3 is 14.7 Å². The second kappa shape index (κ2) is 6.17. The zero-order valence-electron chi connectivity index (χ0n) is 11.2. The zero-order chi connectivity index (χ0) is 14.7. The Hall–Kier alpha value is -1.69. The Bertz CT molecular complexity index is 499. The van der Waals surface area contributed by atoms with Gasteiger partial charge in [0.1, 0.15) is 0 Å². The van der Waals surface area contributed by atoms with E-state index in [1.54, 1.807) is 12.0 Å². The lowest BCUT2D eigenvalue weighted by Gasteiger charge is -2.33. The first kappa shape index (κ1) is 14.7. The van der Waals surface area contributed by atoms with Gasteiger partial charge in [-0.05, 0) is 30.9 Å². The summed E-state index contributed by atoms with van der Waals surface area (Å²) in [7, 11) is 1.64. The molecule has 1 aromatic carbocycles. The molecular weight excluding hydrogens is 268 g/mol. The SMILES string of the molecule is COCC1CCN(c2ccc(C(=O)O)c(F)c2F)CC1. The first-order chi connectivity index (χ1) is 9.54. The van der Waals surface area contributed by atoms with Crippen LogP contribution in [0.15, 0.2) is 12.1 Å². The Labute approximate surface area is 116 Å². The smallest absolute Gasteiger partial charge is 0.338 e. The lowest BCUT2D eigenvalue weighted by molar-refractivity contribution is 0.0690. The van der Waals surface area contributed by atoms with E-state index in [0.29, 0.717) is 25.6 Å². The van der Waals surface area contributed by atoms with Crippen molar-refractivity contribution >= 4 is 11.7 Å². The summed E-state index contributed by atoms with van der Waals surface area (Å²) in [4.78, 5) is 12.5. The molecule has 1 aliphatic heterocycles. The maximum Gasteiger partial charge on any atom is 0.338 e. The normalized spacial score (nSPS) is 16.4. The van der Waals surface area contributed by atoms with Crippen molar-refractivity contribution in [3.8, 4) is 0 Å². The van der Waals surface area contributed by atoms with Crippen LogP contribution >= 0.6 is 0 Å². The molecule has 0 bridgehead atoms. The van der Waals surface area contributed by atoms with Crippen molar-refractivity contribution < 1.29 is 23.4 Å². The van der Waals surface area contributed by atoms with Gasteiger partial charge in [-0.1, -0.05) is 0 Å². The molecule has 4 nitrogen and oxygen atoms in total. The van der Waals surface area contributed by atoms with Gasteiger partial charge in [0.2, 0.25) is 0 Å². The number of ether oxygens (including phenoxy) is 1. The zero-order valence-corrected chi connectivity index (χ0v) is 11.2. The van der Waals surface area contributed by atoms with E-state index in [-0.39, 0.29) is 5.69 Å². The number of carbonyl (C=O) groups is 1. The number of hydrogen-bond acceptors (Lipinski definition) is 3. The van der Waals surface area contributed by atoms with E-state index in [1.807, 2.05) is 0 Å². The number of hydrogen-bond donors (Lipinski definition) is 1. The van der Waals surface area contributed by atoms with Crippen LogP contribution in [0.25, 0.3) is 0 Å². The molecule has 0 atom stereocenters. The van der Waals surface area contributed by atoms with Crippen molar-refractivity contribution in [3.63, 3.8) is 0 Å². The second-order valence-electron chi connectivity index (χ2n) is 4.95. The van der Waals surface area contributed by atoms with Crippen molar-refractivity contribution in [1.82, 2.24) is 0 Å². The summed E-state index contributed by atoms with van der Waals surface area (Å²) >= 11 is 0. The molecule has 1 aliphatic rings. The predicted molar refractivity (Wildman–Crippen MR) is 70.1 cm³/mol. The summed E-state index contributed by atoms with van der Waals surface area (Å²) in [5, 5.41) is 8.75. The lowest BCUT2D eigenvalue weighted by atomic mass is 9.97. The highest BCUT2D eigenvalue weighted by Crippen LogP contribution is 2.28. The fraction of sp³-hybridized carbons (Fsp3) is 0.500. The maximum atomic E-state index is 13.9. The van der Waals surface area contributed by atoms with Crippen molar-refractivity contribution in [1.29, 1.82) is 0 Å². The van der Waals surface area contributed by atoms with Crippen LogP contribution in [-0.4, -0.2) is 37.9 Å². The number of rotatable bonds is 4. The van der Waals surface area contributed by atoms with E-state index in [9.17, 15) is 13.6 Å². The van der Waals surface area contributed by atoms with Gasteiger partial charge in [-0.15, -0.1) is 0 Å². The molecule has 0 radical (unpaired) electrons. The molecule has 20 heavy (non-hydrogen) atoms. The minimum atomic E-state index is -1.47. The number of carboxylic acid groups (broad SMARTS) is 1. The van der Waals surface area contributed by atoms with Crippen LogP contribution in [0.5, 0.6) is 0 Å². The highest BCUT2D eigenvalue weighted by atomic mass is 19.2. The van der Waals surface area contributed by atoms with E-state index in [4.69, 9.17) is 9.84 Å². The van der Waals surface area contributed by atoms with E-state index < -0.39 is 23.2 Å². The van der Waals surface area contributed by atoms with E-state index >= 15 is 0 Å². The number of piperidine rings is 1. The van der Waals surface area contributed by atoms with Crippen molar-refractivity contribution in [2.75, 3.05) is 31.7 Å². The third-order valence-electron chi connectivity index (χ3n) is 3.65. The van der Waals surface area contributed by atoms with Gasteiger partial charge >= 0.3 is 5.97 Å². The van der Waals surface area contributed by atoms with Crippen LogP contribution in [0.3, 0.4) is 0 Å². The summed E-state index contributed by atoms with van der Waals surface area (Å²) in [5.74, 6) is -3.42. The summed E-state index contributed by atoms with van der Waals surface area (Å²) in [6.07, 6.45) is 1.69. The Morgan fingerprint density at radius 1 is 1.35 bits per heavy atom. The van der Waals surface area contributed by atoms with Gasteiger partial charge in [-0.3, -0.25) is 0 Å². The summed E-state index contributed by atoms with van der Waals surface area (Å²) < 4.78 is 32.7. The van der Waals surface area contributed by atoms with Crippen LogP contribution in [0.4, 0.5) is 14.5 Å². The molecule has 1 saturated heterocycles. The molecule has 0 aromatic heterocycles. The molecule has 0 amide bonds. The molecule has 1 fully saturated rings. The minimum Gasteiger partial charge on any atom is -0.478 e. The van der Waals surface area contributed by atoms with Gasteiger partial charge in [0.05, 0.1) is 11.3 Å². The van der Waals surface area contributed by atoms with Gasteiger partial charge in [0, 0.05) is 26.8 Å². The number of nitrogens with zero attached hydrogens (tertiary/aromatic N) is 1. The second-order valence-corrected chi connectivity index (χ2v) is 4.95. The fourth-order valence-electron chi connectivity index (χ4n) is 2.52. The number of aromatic carboxylic acids is 1. The molecule has 0 spiro atoms. The first-order valence-corrected chi connectivity index (χ1v) is 6.49. The Balaban J connectivity index is 2.15. The molecule has 2 rings (SSSR count). The van der Waals surface area contributed by atoms with Crippen LogP contribution < -0.4 is 4.90 Å². The van der Waals surface area contributed by atoms with Crippen LogP contribution in [-0.2, 0) is 4.74 Å². The molecular formula is C14H17F2NO3. The van der Waals surface area contributed by atoms with Crippen molar-refractivity contribution in [2.45, 2.75) is 12.8 Å². The largest absolute Gasteiger partial charge is 0.478 e. The quantitative estimate of drug-likeness (QED) is 0.923. The third kappa shape index (κ3) is 2.90. The highest BCUT2D eigenvalue weighted by Gasteiger charge is 2.24. The molecule has 110 valence electrons. The fourth-order valence-corrected chi connectivity index (χ4v) is 2.52. The highest BCUT2D eigenvalue weighted by molar-refractivity contribution is 5.88. The number of methoxy groups -OCH3 is 1. The molecule has 1 aromatic rings. The molecule has 6 heteroatoms. The van der Waals surface area contributed by atoms with Gasteiger partial charge in [0.25, 0.3) is 0 Å². The number of benzene rings is 1. The Morgan fingerprint density at radius 2 is 2.00 bits per heavy atom. The van der Waals surface area contributed by atoms with Gasteiger partial charge in [-0.2, -0.15) is 0 Å². The third-order valence-corrected chi connectivity index (χ3v) is 3.65. The average Bonchev–Trinajstić information content (AvgIpc) is 2.43. The van der Waals surface area contributed by atoms with Crippen LogP contribution in [0.1, 0.15) is 23.2 Å². The lowest BCUT2D eigenvalue weighted by Crippen LogP contribution is -2.35. The summed E-state index contributed by atoms with van der Waals surface area (Å²) in [6, 6.07) is 2.44. The average molecular weight is 285 g/mol. The molecule has 0 unspecified atom stereocenters. The predicted octanol–water partition coefficient (Wildman–Crippen LogP) is 2.53. The molecule has 0 saturated carbocycles. The van der Waals surface area contributed by atoms with E-state index in [1.165, 1.54) is 6.07 Å². The van der Waals surface area contributed by atoms with Crippen LogP contribution in [0.2, 0.25) is 0 Å². The summed E-state index contributed by atoms with van der Waals surface area (Å²) in [5.41, 5.74) is -0.510. The molecule has 1 N–H and O–H groups in total. The number of anilines is 1. The van der Waals surface area contributed by atoms with Crippen molar-refractivity contribution in [2.24, 2.45) is 5.92 Å². The maximum absolute atomic E-state index is 13.9. The standard InChI is InChI=1S/C14H17F2NO3/c1-20-8-9-4-6-17(7-5-9)11-3-2-10(14(18)19)12(15)13(11)16/h2-3,9H,4-8H2,1H3,(H,18,19). The van der Waals surface area contributed by atoms with Gasteiger partial charge in [-0.25, -0.2) is 13.6 Å². The minimum absolute atomic E-state index is 0.128. The molecule has 0 aliphatic carbocycles. The molecule has 1 heterocycles. The van der Waals surface area contributed by atoms with Crippen molar-refractivity contribution in [3.05, 3.63) is 29.3 Å². The monoisotopic (exact) mass is 285 g/mol. The number of carboxylic acids is 1. The topological polar surface area (TPSA) is 49.8 Å². The summed E-state index contributed by atoms with van der Waals surface area (Å²) in [6.45, 7) is 1.89. The van der Waals surface area contributed by atoms with Crippen LogP contribution in [0, 0.1) is 17.6 Å². The van der Waals surface area contributed by atoms with Gasteiger partial charge in [0.15, 0.2) is 11.6 Å². The Kier molecular flexibility index (Phi) is 4.54. The number of halogens is 2. The Morgan fingerprint density at radius 3 is 2.55 bits per heavy atom. The first-order valence-electron chi connectivity index (χ1n) is 6.49. The van der Waals surface area contributed by atoms with E-state index in [2.05, 4.69) is 0 Å². The van der Waals surface area contributed by atoms with E-state index in [0.717, 1.165) is 18.9 Å².